The summed E-state index contributed by atoms with van der Waals surface area (Å²) in [6, 6.07) is 2.21. The molecule has 0 amide bonds. The number of alkyl halides is 3. The lowest BCUT2D eigenvalue weighted by atomic mass is 9.77. The van der Waals surface area contributed by atoms with Gasteiger partial charge in [-0.3, -0.25) is 4.79 Å². The van der Waals surface area contributed by atoms with E-state index >= 15 is 0 Å². The highest BCUT2D eigenvalue weighted by Gasteiger charge is 2.43. The number of anilines is 1. The number of aliphatic carboxylic acids is 1. The van der Waals surface area contributed by atoms with Crippen molar-refractivity contribution >= 4 is 11.8 Å². The van der Waals surface area contributed by atoms with Crippen LogP contribution in [0, 0.1) is 5.41 Å². The summed E-state index contributed by atoms with van der Waals surface area (Å²) < 4.78 is 39.2. The number of aromatic nitrogens is 1. The molecule has 2 rings (SSSR count). The molecule has 1 saturated heterocycles. The number of hydrogen-bond donors (Lipinski definition) is 1. The lowest BCUT2D eigenvalue weighted by molar-refractivity contribution is -0.149. The molecule has 0 saturated carbocycles. The molecular formula is C14H17F3N2O2. The Hall–Kier alpha value is -1.79. The van der Waals surface area contributed by atoms with E-state index in [0.29, 0.717) is 25.8 Å². The maximum absolute atomic E-state index is 13.1. The highest BCUT2D eigenvalue weighted by Crippen LogP contribution is 2.40. The first-order valence-corrected chi connectivity index (χ1v) is 6.81. The number of carboxylic acid groups (broad SMARTS) is 1. The van der Waals surface area contributed by atoms with E-state index in [0.717, 1.165) is 6.07 Å². The van der Waals surface area contributed by atoms with Gasteiger partial charge in [-0.2, -0.15) is 13.2 Å². The second-order valence-corrected chi connectivity index (χ2v) is 5.34. The van der Waals surface area contributed by atoms with Crippen LogP contribution in [0.5, 0.6) is 0 Å². The van der Waals surface area contributed by atoms with E-state index in [2.05, 4.69) is 4.98 Å². The molecule has 1 unspecified atom stereocenters. The summed E-state index contributed by atoms with van der Waals surface area (Å²) >= 11 is 0. The van der Waals surface area contributed by atoms with E-state index in [9.17, 15) is 23.1 Å². The summed E-state index contributed by atoms with van der Waals surface area (Å²) in [6.07, 6.45) is -1.81. The Morgan fingerprint density at radius 2 is 2.24 bits per heavy atom. The Labute approximate surface area is 120 Å². The van der Waals surface area contributed by atoms with Gasteiger partial charge in [-0.05, 0) is 31.4 Å². The summed E-state index contributed by atoms with van der Waals surface area (Å²) in [6.45, 7) is 2.19. The average molecular weight is 302 g/mol. The zero-order valence-corrected chi connectivity index (χ0v) is 11.7. The van der Waals surface area contributed by atoms with Gasteiger partial charge in [0.25, 0.3) is 0 Å². The molecule has 1 aliphatic heterocycles. The van der Waals surface area contributed by atoms with Crippen molar-refractivity contribution in [1.29, 1.82) is 0 Å². The Kier molecular flexibility index (Phi) is 4.11. The summed E-state index contributed by atoms with van der Waals surface area (Å²) in [5, 5.41) is 9.41. The molecule has 1 aromatic heterocycles. The van der Waals surface area contributed by atoms with Crippen molar-refractivity contribution in [2.24, 2.45) is 5.41 Å². The molecule has 0 radical (unpaired) electrons. The van der Waals surface area contributed by atoms with Crippen molar-refractivity contribution in [3.63, 3.8) is 0 Å². The second kappa shape index (κ2) is 5.54. The van der Waals surface area contributed by atoms with Gasteiger partial charge in [0, 0.05) is 19.3 Å². The number of pyridine rings is 1. The Bertz CT molecular complexity index is 533. The molecule has 7 heteroatoms. The number of piperidine rings is 1. The van der Waals surface area contributed by atoms with Crippen LogP contribution in [0.3, 0.4) is 0 Å². The number of nitrogens with zero attached hydrogens (tertiary/aromatic N) is 2. The Balaban J connectivity index is 2.37. The monoisotopic (exact) mass is 302 g/mol. The molecule has 1 aliphatic rings. The van der Waals surface area contributed by atoms with E-state index < -0.39 is 23.1 Å². The molecule has 4 nitrogen and oxygen atoms in total. The molecule has 2 heterocycles. The van der Waals surface area contributed by atoms with Crippen LogP contribution < -0.4 is 4.90 Å². The van der Waals surface area contributed by atoms with Crippen molar-refractivity contribution in [2.45, 2.75) is 32.4 Å². The normalized spacial score (nSPS) is 23.1. The van der Waals surface area contributed by atoms with E-state index in [1.54, 1.807) is 6.92 Å². The van der Waals surface area contributed by atoms with Crippen LogP contribution in [0.2, 0.25) is 0 Å². The van der Waals surface area contributed by atoms with Gasteiger partial charge in [-0.1, -0.05) is 6.92 Å². The summed E-state index contributed by atoms with van der Waals surface area (Å²) in [5.41, 5.74) is -1.82. The van der Waals surface area contributed by atoms with Gasteiger partial charge in [0.05, 0.1) is 11.0 Å². The maximum Gasteiger partial charge on any atom is 0.419 e. The van der Waals surface area contributed by atoms with E-state index in [1.165, 1.54) is 17.2 Å². The van der Waals surface area contributed by atoms with Gasteiger partial charge in [0.2, 0.25) is 0 Å². The van der Waals surface area contributed by atoms with Gasteiger partial charge in [-0.15, -0.1) is 0 Å². The topological polar surface area (TPSA) is 53.4 Å². The zero-order valence-electron chi connectivity index (χ0n) is 11.7. The fraction of sp³-hybridized carbons (Fsp3) is 0.571. The third kappa shape index (κ3) is 2.96. The van der Waals surface area contributed by atoms with Gasteiger partial charge in [0.1, 0.15) is 5.82 Å². The van der Waals surface area contributed by atoms with Crippen LogP contribution in [0.15, 0.2) is 18.3 Å². The van der Waals surface area contributed by atoms with Crippen LogP contribution in [-0.2, 0) is 11.0 Å². The van der Waals surface area contributed by atoms with Gasteiger partial charge >= 0.3 is 12.1 Å². The van der Waals surface area contributed by atoms with Crippen LogP contribution in [0.4, 0.5) is 19.0 Å². The molecule has 1 N–H and O–H groups in total. The third-order valence-electron chi connectivity index (χ3n) is 4.10. The number of carboxylic acids is 1. The minimum Gasteiger partial charge on any atom is -0.481 e. The predicted octanol–water partition coefficient (Wildman–Crippen LogP) is 3.18. The van der Waals surface area contributed by atoms with Crippen LogP contribution in [0.25, 0.3) is 0 Å². The number of rotatable bonds is 3. The first kappa shape index (κ1) is 15.6. The van der Waals surface area contributed by atoms with Gasteiger partial charge < -0.3 is 10.0 Å². The van der Waals surface area contributed by atoms with Crippen molar-refractivity contribution < 1.29 is 23.1 Å². The number of carbonyl (C=O) groups is 1. The number of hydrogen-bond acceptors (Lipinski definition) is 3. The highest BCUT2D eigenvalue weighted by atomic mass is 19.4. The van der Waals surface area contributed by atoms with Crippen LogP contribution >= 0.6 is 0 Å². The fourth-order valence-electron chi connectivity index (χ4n) is 2.80. The minimum absolute atomic E-state index is 0.0545. The zero-order chi connectivity index (χ0) is 15.7. The van der Waals surface area contributed by atoms with Crippen LogP contribution in [-0.4, -0.2) is 29.1 Å². The SMILES string of the molecule is CCC1(C(=O)O)CCCN(c2ncccc2C(F)(F)F)C1. The Morgan fingerprint density at radius 3 is 2.81 bits per heavy atom. The Morgan fingerprint density at radius 1 is 1.52 bits per heavy atom. The first-order chi connectivity index (χ1) is 9.80. The molecular weight excluding hydrogens is 285 g/mol. The summed E-state index contributed by atoms with van der Waals surface area (Å²) in [7, 11) is 0. The third-order valence-corrected chi connectivity index (χ3v) is 4.10. The standard InChI is InChI=1S/C14H17F3N2O2/c1-2-13(12(20)21)6-4-8-19(9-13)11-10(14(15,16)17)5-3-7-18-11/h3,5,7H,2,4,6,8-9H2,1H3,(H,20,21). The molecule has 0 aromatic carbocycles. The first-order valence-electron chi connectivity index (χ1n) is 6.81. The lowest BCUT2D eigenvalue weighted by Gasteiger charge is -2.40. The largest absolute Gasteiger partial charge is 0.481 e. The summed E-state index contributed by atoms with van der Waals surface area (Å²) in [4.78, 5) is 16.8. The fourth-order valence-corrected chi connectivity index (χ4v) is 2.80. The number of halogens is 3. The van der Waals surface area contributed by atoms with Crippen molar-refractivity contribution in [3.05, 3.63) is 23.9 Å². The molecule has 1 atom stereocenters. The van der Waals surface area contributed by atoms with E-state index in [4.69, 9.17) is 0 Å². The smallest absolute Gasteiger partial charge is 0.419 e. The molecule has 116 valence electrons. The van der Waals surface area contributed by atoms with Crippen molar-refractivity contribution in [2.75, 3.05) is 18.0 Å². The molecule has 0 bridgehead atoms. The average Bonchev–Trinajstić information content (AvgIpc) is 2.46. The lowest BCUT2D eigenvalue weighted by Crippen LogP contribution is -2.48. The quantitative estimate of drug-likeness (QED) is 0.931. The molecule has 0 aliphatic carbocycles. The van der Waals surface area contributed by atoms with E-state index in [-0.39, 0.29) is 12.4 Å². The van der Waals surface area contributed by atoms with Crippen LogP contribution in [0.1, 0.15) is 31.7 Å². The van der Waals surface area contributed by atoms with Crippen molar-refractivity contribution in [3.8, 4) is 0 Å². The second-order valence-electron chi connectivity index (χ2n) is 5.34. The molecule has 1 aromatic rings. The predicted molar refractivity (Wildman–Crippen MR) is 71.0 cm³/mol. The van der Waals surface area contributed by atoms with E-state index in [1.807, 2.05) is 0 Å². The highest BCUT2D eigenvalue weighted by molar-refractivity contribution is 5.76. The molecule has 1 fully saturated rings. The summed E-state index contributed by atoms with van der Waals surface area (Å²) in [5.74, 6) is -1.14. The molecule has 0 spiro atoms. The minimum atomic E-state index is -4.50. The van der Waals surface area contributed by atoms with Gasteiger partial charge in [-0.25, -0.2) is 4.98 Å². The maximum atomic E-state index is 13.1. The molecule has 21 heavy (non-hydrogen) atoms. The van der Waals surface area contributed by atoms with Gasteiger partial charge in [0.15, 0.2) is 0 Å². The van der Waals surface area contributed by atoms with Crippen molar-refractivity contribution in [1.82, 2.24) is 4.98 Å².